The van der Waals surface area contributed by atoms with Gasteiger partial charge in [-0.2, -0.15) is 0 Å². The number of aryl methyl sites for hydroxylation is 1. The molecule has 0 aliphatic carbocycles. The molecule has 0 radical (unpaired) electrons. The fourth-order valence-electron chi connectivity index (χ4n) is 3.08. The second kappa shape index (κ2) is 6.50. The van der Waals surface area contributed by atoms with E-state index >= 15 is 0 Å². The van der Waals surface area contributed by atoms with Gasteiger partial charge in [0, 0.05) is 19.1 Å². The standard InChI is InChI=1S/C17H23N5O/c1-12-3-5-14(6-4-12)22-11-16(19-20-22)17(23)21-8-7-13(2)9-15(21)10-18/h3-6,11,13,15H,7-10,18H2,1-2H3. The molecule has 1 aromatic heterocycles. The van der Waals surface area contributed by atoms with E-state index in [1.165, 1.54) is 5.56 Å². The van der Waals surface area contributed by atoms with Crippen LogP contribution >= 0.6 is 0 Å². The second-order valence-electron chi connectivity index (χ2n) is 6.40. The van der Waals surface area contributed by atoms with Crippen molar-refractivity contribution in [1.29, 1.82) is 0 Å². The summed E-state index contributed by atoms with van der Waals surface area (Å²) in [6, 6.07) is 8.03. The fourth-order valence-corrected chi connectivity index (χ4v) is 3.08. The Morgan fingerprint density at radius 2 is 2.09 bits per heavy atom. The molecule has 2 heterocycles. The molecule has 2 N–H and O–H groups in total. The molecule has 122 valence electrons. The van der Waals surface area contributed by atoms with Crippen LogP contribution in [0.1, 0.15) is 35.8 Å². The minimum absolute atomic E-state index is 0.0780. The van der Waals surface area contributed by atoms with E-state index in [4.69, 9.17) is 5.73 Å². The molecule has 1 aromatic carbocycles. The zero-order valence-electron chi connectivity index (χ0n) is 13.6. The number of carbonyl (C=O) groups excluding carboxylic acids is 1. The predicted molar refractivity (Wildman–Crippen MR) is 88.4 cm³/mol. The summed E-state index contributed by atoms with van der Waals surface area (Å²) in [6.07, 6.45) is 3.65. The van der Waals surface area contributed by atoms with Gasteiger partial charge in [0.05, 0.1) is 11.9 Å². The van der Waals surface area contributed by atoms with E-state index in [2.05, 4.69) is 17.2 Å². The fraction of sp³-hybridized carbons (Fsp3) is 0.471. The van der Waals surface area contributed by atoms with Crippen molar-refractivity contribution in [3.63, 3.8) is 0 Å². The highest BCUT2D eigenvalue weighted by molar-refractivity contribution is 5.92. The number of hydrogen-bond donors (Lipinski definition) is 1. The van der Waals surface area contributed by atoms with Gasteiger partial charge in [0.15, 0.2) is 5.69 Å². The molecule has 6 nitrogen and oxygen atoms in total. The first-order chi connectivity index (χ1) is 11.1. The molecular weight excluding hydrogens is 290 g/mol. The van der Waals surface area contributed by atoms with Crippen LogP contribution in [0.15, 0.2) is 30.5 Å². The van der Waals surface area contributed by atoms with Crippen molar-refractivity contribution < 1.29 is 4.79 Å². The van der Waals surface area contributed by atoms with Gasteiger partial charge >= 0.3 is 0 Å². The third-order valence-corrected chi connectivity index (χ3v) is 4.52. The van der Waals surface area contributed by atoms with Gasteiger partial charge in [-0.3, -0.25) is 4.79 Å². The number of aromatic nitrogens is 3. The summed E-state index contributed by atoms with van der Waals surface area (Å²) in [6.45, 7) is 5.46. The van der Waals surface area contributed by atoms with Gasteiger partial charge in [-0.15, -0.1) is 5.10 Å². The quantitative estimate of drug-likeness (QED) is 0.937. The van der Waals surface area contributed by atoms with E-state index < -0.39 is 0 Å². The molecule has 3 rings (SSSR count). The van der Waals surface area contributed by atoms with Gasteiger partial charge in [-0.25, -0.2) is 4.68 Å². The number of nitrogens with two attached hydrogens (primary N) is 1. The highest BCUT2D eigenvalue weighted by atomic mass is 16.2. The molecule has 1 fully saturated rings. The van der Waals surface area contributed by atoms with E-state index in [1.807, 2.05) is 36.1 Å². The van der Waals surface area contributed by atoms with Crippen LogP contribution in [0, 0.1) is 12.8 Å². The summed E-state index contributed by atoms with van der Waals surface area (Å²) >= 11 is 0. The zero-order chi connectivity index (χ0) is 16.4. The van der Waals surface area contributed by atoms with Crippen LogP contribution in [0.3, 0.4) is 0 Å². The third-order valence-electron chi connectivity index (χ3n) is 4.52. The minimum atomic E-state index is -0.0780. The Kier molecular flexibility index (Phi) is 4.43. The van der Waals surface area contributed by atoms with Crippen LogP contribution in [-0.2, 0) is 0 Å². The van der Waals surface area contributed by atoms with E-state index in [1.54, 1.807) is 10.9 Å². The third kappa shape index (κ3) is 3.27. The second-order valence-corrected chi connectivity index (χ2v) is 6.40. The Labute approximate surface area is 136 Å². The lowest BCUT2D eigenvalue weighted by molar-refractivity contribution is 0.0567. The lowest BCUT2D eigenvalue weighted by Gasteiger charge is -2.37. The predicted octanol–water partition coefficient (Wildman–Crippen LogP) is 1.78. The van der Waals surface area contributed by atoms with Crippen LogP contribution in [0.25, 0.3) is 5.69 Å². The normalized spacial score (nSPS) is 21.4. The number of likely N-dealkylation sites (tertiary alicyclic amines) is 1. The molecule has 6 heteroatoms. The Balaban J connectivity index is 1.79. The lowest BCUT2D eigenvalue weighted by Crippen LogP contribution is -2.49. The van der Waals surface area contributed by atoms with Crippen molar-refractivity contribution in [2.24, 2.45) is 11.7 Å². The first-order valence-corrected chi connectivity index (χ1v) is 8.09. The Morgan fingerprint density at radius 1 is 1.35 bits per heavy atom. The summed E-state index contributed by atoms with van der Waals surface area (Å²) < 4.78 is 1.64. The van der Waals surface area contributed by atoms with Crippen LogP contribution in [0.4, 0.5) is 0 Å². The van der Waals surface area contributed by atoms with Gasteiger partial charge in [-0.1, -0.05) is 29.8 Å². The molecule has 23 heavy (non-hydrogen) atoms. The summed E-state index contributed by atoms with van der Waals surface area (Å²) in [5, 5.41) is 8.14. The molecule has 2 atom stereocenters. The van der Waals surface area contributed by atoms with Gasteiger partial charge in [-0.05, 0) is 37.8 Å². The van der Waals surface area contributed by atoms with Gasteiger partial charge < -0.3 is 10.6 Å². The Bertz CT molecular complexity index is 679. The molecule has 0 spiro atoms. The molecule has 1 aliphatic heterocycles. The van der Waals surface area contributed by atoms with E-state index in [0.29, 0.717) is 18.2 Å². The number of rotatable bonds is 3. The maximum atomic E-state index is 12.7. The average molecular weight is 313 g/mol. The molecule has 0 bridgehead atoms. The van der Waals surface area contributed by atoms with Crippen LogP contribution in [0.5, 0.6) is 0 Å². The van der Waals surface area contributed by atoms with Crippen molar-refractivity contribution >= 4 is 5.91 Å². The topological polar surface area (TPSA) is 77.0 Å². The summed E-state index contributed by atoms with van der Waals surface area (Å²) in [5.41, 5.74) is 8.29. The number of nitrogens with zero attached hydrogens (tertiary/aromatic N) is 4. The number of piperidine rings is 1. The van der Waals surface area contributed by atoms with Crippen LogP contribution in [0.2, 0.25) is 0 Å². The highest BCUT2D eigenvalue weighted by Crippen LogP contribution is 2.23. The summed E-state index contributed by atoms with van der Waals surface area (Å²) in [7, 11) is 0. The summed E-state index contributed by atoms with van der Waals surface area (Å²) in [4.78, 5) is 14.6. The number of benzene rings is 1. The molecular formula is C17H23N5O. The van der Waals surface area contributed by atoms with Crippen molar-refractivity contribution in [1.82, 2.24) is 19.9 Å². The van der Waals surface area contributed by atoms with Crippen molar-refractivity contribution in [3.05, 3.63) is 41.7 Å². The van der Waals surface area contributed by atoms with Gasteiger partial charge in [0.25, 0.3) is 5.91 Å². The van der Waals surface area contributed by atoms with Crippen molar-refractivity contribution in [3.8, 4) is 5.69 Å². The first kappa shape index (κ1) is 15.7. The van der Waals surface area contributed by atoms with Crippen LogP contribution < -0.4 is 5.73 Å². The minimum Gasteiger partial charge on any atom is -0.333 e. The van der Waals surface area contributed by atoms with Crippen molar-refractivity contribution in [2.45, 2.75) is 32.7 Å². The van der Waals surface area contributed by atoms with Crippen molar-refractivity contribution in [2.75, 3.05) is 13.1 Å². The summed E-state index contributed by atoms with van der Waals surface area (Å²) in [5.74, 6) is 0.529. The molecule has 2 aromatic rings. The monoisotopic (exact) mass is 313 g/mol. The largest absolute Gasteiger partial charge is 0.333 e. The van der Waals surface area contributed by atoms with E-state index in [0.717, 1.165) is 25.1 Å². The maximum absolute atomic E-state index is 12.7. The lowest BCUT2D eigenvalue weighted by atomic mass is 9.92. The zero-order valence-corrected chi connectivity index (χ0v) is 13.6. The highest BCUT2D eigenvalue weighted by Gasteiger charge is 2.30. The Hall–Kier alpha value is -2.21. The SMILES string of the molecule is Cc1ccc(-n2cc(C(=O)N3CCC(C)CC3CN)nn2)cc1. The molecule has 1 aliphatic rings. The average Bonchev–Trinajstić information content (AvgIpc) is 3.04. The number of amides is 1. The molecule has 0 saturated carbocycles. The molecule has 1 saturated heterocycles. The van der Waals surface area contributed by atoms with Gasteiger partial charge in [0.2, 0.25) is 0 Å². The first-order valence-electron chi connectivity index (χ1n) is 8.09. The van der Waals surface area contributed by atoms with Gasteiger partial charge in [0.1, 0.15) is 0 Å². The number of carbonyl (C=O) groups is 1. The molecule has 1 amide bonds. The van der Waals surface area contributed by atoms with E-state index in [9.17, 15) is 4.79 Å². The Morgan fingerprint density at radius 3 is 2.78 bits per heavy atom. The van der Waals surface area contributed by atoms with E-state index in [-0.39, 0.29) is 11.9 Å². The molecule has 2 unspecified atom stereocenters. The van der Waals surface area contributed by atoms with Crippen LogP contribution in [-0.4, -0.2) is 44.9 Å². The smallest absolute Gasteiger partial charge is 0.276 e. The maximum Gasteiger partial charge on any atom is 0.276 e. The number of hydrogen-bond acceptors (Lipinski definition) is 4.